The molecule has 0 fully saturated rings. The van der Waals surface area contributed by atoms with Gasteiger partial charge in [0.2, 0.25) is 11.8 Å². The quantitative estimate of drug-likeness (QED) is 0.248. The van der Waals surface area contributed by atoms with Crippen LogP contribution in [0, 0.1) is 5.92 Å². The first kappa shape index (κ1) is 34.5. The molecule has 2 unspecified atom stereocenters. The van der Waals surface area contributed by atoms with Gasteiger partial charge in [-0.1, -0.05) is 77.6 Å². The molecule has 1 aromatic rings. The van der Waals surface area contributed by atoms with Crippen molar-refractivity contribution in [2.24, 2.45) is 5.92 Å². The topological polar surface area (TPSA) is 87.7 Å². The fourth-order valence-electron chi connectivity index (χ4n) is 4.44. The Balaban J connectivity index is 3.52. The second-order valence-corrected chi connectivity index (χ2v) is 13.0. The molecule has 0 saturated carbocycles. The predicted molar refractivity (Wildman–Crippen MR) is 160 cm³/mol. The molecule has 0 spiro atoms. The molecule has 0 heterocycles. The molecular weight excluding hydrogens is 490 g/mol. The molecule has 2 N–H and O–H groups in total. The first-order valence-corrected chi connectivity index (χ1v) is 14.8. The molecular formula is C32H55N3O4. The highest BCUT2D eigenvalue weighted by molar-refractivity contribution is 5.92. The summed E-state index contributed by atoms with van der Waals surface area (Å²) in [5.74, 6) is -0.348. The molecule has 1 aromatic carbocycles. The summed E-state index contributed by atoms with van der Waals surface area (Å²) in [6, 6.07) is 6.30. The van der Waals surface area contributed by atoms with Crippen LogP contribution in [-0.2, 0) is 20.7 Å². The molecule has 0 aliphatic rings. The highest BCUT2D eigenvalue weighted by atomic mass is 16.6. The second kappa shape index (κ2) is 15.9. The molecule has 0 aliphatic heterocycles. The van der Waals surface area contributed by atoms with Crippen molar-refractivity contribution in [3.8, 4) is 0 Å². The molecule has 2 atom stereocenters. The largest absolute Gasteiger partial charge is 0.444 e. The van der Waals surface area contributed by atoms with Gasteiger partial charge in [-0.3, -0.25) is 9.59 Å². The number of benzene rings is 1. The number of rotatable bonds is 14. The molecule has 0 radical (unpaired) electrons. The van der Waals surface area contributed by atoms with Gasteiger partial charge in [0, 0.05) is 12.1 Å². The molecule has 0 saturated heterocycles. The zero-order valence-corrected chi connectivity index (χ0v) is 26.3. The van der Waals surface area contributed by atoms with Gasteiger partial charge in [-0.15, -0.1) is 0 Å². The van der Waals surface area contributed by atoms with Gasteiger partial charge in [0.1, 0.15) is 17.7 Å². The summed E-state index contributed by atoms with van der Waals surface area (Å²) < 4.78 is 5.49. The third-order valence-electron chi connectivity index (χ3n) is 6.24. The lowest BCUT2D eigenvalue weighted by molar-refractivity contribution is -0.143. The Morgan fingerprint density at radius 3 is 1.97 bits per heavy atom. The fraction of sp³-hybridized carbons (Fsp3) is 0.719. The van der Waals surface area contributed by atoms with Crippen molar-refractivity contribution >= 4 is 17.9 Å². The van der Waals surface area contributed by atoms with Gasteiger partial charge in [-0.25, -0.2) is 4.79 Å². The van der Waals surface area contributed by atoms with Gasteiger partial charge in [-0.2, -0.15) is 0 Å². The number of alkyl carbamates (subject to hydrolysis) is 1. The number of hydrogen-bond acceptors (Lipinski definition) is 4. The molecule has 222 valence electrons. The normalized spacial score (nSPS) is 13.5. The number of unbranched alkanes of at least 4 members (excludes halogenated alkanes) is 4. The molecule has 7 heteroatoms. The third kappa shape index (κ3) is 13.4. The van der Waals surface area contributed by atoms with Gasteiger partial charge in [0.15, 0.2) is 0 Å². The highest BCUT2D eigenvalue weighted by Crippen LogP contribution is 2.26. The van der Waals surface area contributed by atoms with Crippen LogP contribution >= 0.6 is 0 Å². The Labute approximate surface area is 237 Å². The minimum absolute atomic E-state index is 0.144. The smallest absolute Gasteiger partial charge is 0.408 e. The first-order valence-electron chi connectivity index (χ1n) is 14.8. The van der Waals surface area contributed by atoms with Crippen molar-refractivity contribution in [1.82, 2.24) is 15.5 Å². The average Bonchev–Trinajstić information content (AvgIpc) is 2.80. The van der Waals surface area contributed by atoms with E-state index in [0.29, 0.717) is 13.0 Å². The molecule has 7 nitrogen and oxygen atoms in total. The Bertz CT molecular complexity index is 897. The summed E-state index contributed by atoms with van der Waals surface area (Å²) in [7, 11) is 0. The van der Waals surface area contributed by atoms with Crippen molar-refractivity contribution in [1.29, 1.82) is 0 Å². The zero-order valence-electron chi connectivity index (χ0n) is 26.3. The number of hydrogen-bond donors (Lipinski definition) is 2. The number of ether oxygens (including phenoxy) is 1. The summed E-state index contributed by atoms with van der Waals surface area (Å²) in [4.78, 5) is 42.6. The standard InChI is InChI=1S/C32H55N3O4/c1-11-13-14-15-16-21-35(29(37)26(22-23(3)4)33-30(38)39-32(8,9)10)27(28(36)34-31(5,6)7)25-19-17-24(12-2)18-20-25/h17-20,23,26-27H,11-16,21-22H2,1-10H3,(H,33,38)(H,34,36). The lowest BCUT2D eigenvalue weighted by Gasteiger charge is -2.36. The van der Waals surface area contributed by atoms with E-state index in [-0.39, 0.29) is 17.7 Å². The van der Waals surface area contributed by atoms with Crippen LogP contribution in [-0.4, -0.2) is 46.5 Å². The summed E-state index contributed by atoms with van der Waals surface area (Å²) in [6.07, 6.45) is 5.77. The summed E-state index contributed by atoms with van der Waals surface area (Å²) >= 11 is 0. The molecule has 0 aliphatic carbocycles. The highest BCUT2D eigenvalue weighted by Gasteiger charge is 2.37. The number of nitrogens with zero attached hydrogens (tertiary/aromatic N) is 1. The number of amides is 3. The van der Waals surface area contributed by atoms with E-state index in [0.717, 1.165) is 49.7 Å². The number of carbonyl (C=O) groups excluding carboxylic acids is 3. The molecule has 39 heavy (non-hydrogen) atoms. The van der Waals surface area contributed by atoms with E-state index in [1.165, 1.54) is 0 Å². The van der Waals surface area contributed by atoms with Crippen LogP contribution in [0.25, 0.3) is 0 Å². The molecule has 0 bridgehead atoms. The zero-order chi connectivity index (χ0) is 29.8. The maximum Gasteiger partial charge on any atom is 0.408 e. The van der Waals surface area contributed by atoms with Gasteiger partial charge in [0.25, 0.3) is 0 Å². The monoisotopic (exact) mass is 545 g/mol. The van der Waals surface area contributed by atoms with E-state index in [1.807, 2.05) is 58.9 Å². The maximum atomic E-state index is 14.3. The van der Waals surface area contributed by atoms with Gasteiger partial charge in [0.05, 0.1) is 0 Å². The predicted octanol–water partition coefficient (Wildman–Crippen LogP) is 6.94. The van der Waals surface area contributed by atoms with E-state index in [2.05, 4.69) is 24.5 Å². The molecule has 3 amide bonds. The van der Waals surface area contributed by atoms with Crippen LogP contribution < -0.4 is 10.6 Å². The van der Waals surface area contributed by atoms with Crippen molar-refractivity contribution in [2.45, 2.75) is 137 Å². The van der Waals surface area contributed by atoms with Gasteiger partial charge >= 0.3 is 6.09 Å². The van der Waals surface area contributed by atoms with Crippen molar-refractivity contribution in [3.63, 3.8) is 0 Å². The summed E-state index contributed by atoms with van der Waals surface area (Å²) in [6.45, 7) is 19.9. The van der Waals surface area contributed by atoms with Crippen LogP contribution in [0.2, 0.25) is 0 Å². The Hall–Kier alpha value is -2.57. The van der Waals surface area contributed by atoms with Gasteiger partial charge in [-0.05, 0) is 77.8 Å². The van der Waals surface area contributed by atoms with E-state index in [1.54, 1.807) is 25.7 Å². The average molecular weight is 546 g/mol. The summed E-state index contributed by atoms with van der Waals surface area (Å²) in [5.41, 5.74) is 0.762. The van der Waals surface area contributed by atoms with Crippen LogP contribution in [0.3, 0.4) is 0 Å². The SMILES string of the molecule is CCCCCCCN(C(=O)C(CC(C)C)NC(=O)OC(C)(C)C)C(C(=O)NC(C)(C)C)c1ccc(CC)cc1. The fourth-order valence-corrected chi connectivity index (χ4v) is 4.44. The lowest BCUT2D eigenvalue weighted by Crippen LogP contribution is -2.55. The number of aryl methyl sites for hydroxylation is 1. The van der Waals surface area contributed by atoms with Gasteiger partial charge < -0.3 is 20.3 Å². The second-order valence-electron chi connectivity index (χ2n) is 13.0. The van der Waals surface area contributed by atoms with E-state index in [4.69, 9.17) is 4.74 Å². The van der Waals surface area contributed by atoms with Crippen LogP contribution in [0.1, 0.15) is 125 Å². The maximum absolute atomic E-state index is 14.3. The Morgan fingerprint density at radius 2 is 1.49 bits per heavy atom. The lowest BCUT2D eigenvalue weighted by atomic mass is 9.97. The third-order valence-corrected chi connectivity index (χ3v) is 6.24. The summed E-state index contributed by atoms with van der Waals surface area (Å²) in [5, 5.41) is 5.92. The van der Waals surface area contributed by atoms with Crippen molar-refractivity contribution in [2.75, 3.05) is 6.54 Å². The number of carbonyl (C=O) groups is 3. The van der Waals surface area contributed by atoms with E-state index < -0.39 is 29.3 Å². The molecule has 0 aromatic heterocycles. The molecule has 1 rings (SSSR count). The van der Waals surface area contributed by atoms with Crippen LogP contribution in [0.5, 0.6) is 0 Å². The Kier molecular flexibility index (Phi) is 14.0. The Morgan fingerprint density at radius 1 is 0.897 bits per heavy atom. The number of nitrogens with one attached hydrogen (secondary N) is 2. The minimum Gasteiger partial charge on any atom is -0.444 e. The van der Waals surface area contributed by atoms with Crippen LogP contribution in [0.15, 0.2) is 24.3 Å². The van der Waals surface area contributed by atoms with Crippen molar-refractivity contribution < 1.29 is 19.1 Å². The van der Waals surface area contributed by atoms with E-state index in [9.17, 15) is 14.4 Å². The van der Waals surface area contributed by atoms with Crippen molar-refractivity contribution in [3.05, 3.63) is 35.4 Å². The van der Waals surface area contributed by atoms with E-state index >= 15 is 0 Å². The minimum atomic E-state index is -0.816. The van der Waals surface area contributed by atoms with Crippen LogP contribution in [0.4, 0.5) is 4.79 Å². The first-order chi connectivity index (χ1) is 18.1.